The van der Waals surface area contributed by atoms with Crippen LogP contribution in [0.1, 0.15) is 52.4 Å². The van der Waals surface area contributed by atoms with Gasteiger partial charge in [0.1, 0.15) is 0 Å². The van der Waals surface area contributed by atoms with Gasteiger partial charge in [0.05, 0.1) is 6.10 Å². The van der Waals surface area contributed by atoms with Gasteiger partial charge in [0.2, 0.25) is 0 Å². The van der Waals surface area contributed by atoms with Crippen LogP contribution in [-0.2, 0) is 9.47 Å². The fourth-order valence-corrected chi connectivity index (χ4v) is 4.02. The summed E-state index contributed by atoms with van der Waals surface area (Å²) in [5, 5.41) is 3.52. The Morgan fingerprint density at radius 1 is 1.25 bits per heavy atom. The second kappa shape index (κ2) is 10.9. The normalized spacial score (nSPS) is 23.2. The van der Waals surface area contributed by atoms with Crippen LogP contribution in [0.2, 0.25) is 0 Å². The smallest absolute Gasteiger partial charge is 0.193 e. The predicted octanol–water partition coefficient (Wildman–Crippen LogP) is 2.91. The molecule has 5 nitrogen and oxygen atoms in total. The Morgan fingerprint density at radius 2 is 2.00 bits per heavy atom. The van der Waals surface area contributed by atoms with Crippen LogP contribution < -0.4 is 5.32 Å². The van der Waals surface area contributed by atoms with Crippen molar-refractivity contribution < 1.29 is 9.47 Å². The molecule has 2 saturated heterocycles. The molecule has 0 spiro atoms. The van der Waals surface area contributed by atoms with Crippen molar-refractivity contribution in [1.29, 1.82) is 0 Å². The quantitative estimate of drug-likeness (QED) is 0.420. The minimum absolute atomic E-state index is 0.400. The Balaban J connectivity index is 1.62. The zero-order valence-corrected chi connectivity index (χ0v) is 15.9. The molecule has 2 rings (SSSR count). The van der Waals surface area contributed by atoms with Crippen molar-refractivity contribution in [1.82, 2.24) is 10.2 Å². The van der Waals surface area contributed by atoms with Gasteiger partial charge in [0.15, 0.2) is 5.96 Å². The van der Waals surface area contributed by atoms with E-state index in [1.54, 1.807) is 0 Å². The summed E-state index contributed by atoms with van der Waals surface area (Å²) >= 11 is 0. The van der Waals surface area contributed by atoms with Crippen molar-refractivity contribution in [3.05, 3.63) is 0 Å². The van der Waals surface area contributed by atoms with Gasteiger partial charge < -0.3 is 19.7 Å². The van der Waals surface area contributed by atoms with Crippen molar-refractivity contribution >= 4 is 5.96 Å². The molecule has 5 heteroatoms. The summed E-state index contributed by atoms with van der Waals surface area (Å²) in [5.74, 6) is 2.76. The van der Waals surface area contributed by atoms with Gasteiger partial charge in [-0.1, -0.05) is 26.7 Å². The lowest BCUT2D eigenvalue weighted by Gasteiger charge is -2.25. The maximum atomic E-state index is 5.93. The van der Waals surface area contributed by atoms with Gasteiger partial charge in [-0.3, -0.25) is 4.99 Å². The number of rotatable bonds is 8. The van der Waals surface area contributed by atoms with Crippen LogP contribution in [0.25, 0.3) is 0 Å². The molecular formula is C19H37N3O2. The summed E-state index contributed by atoms with van der Waals surface area (Å²) in [6.07, 6.45) is 7.41. The van der Waals surface area contributed by atoms with E-state index in [1.165, 1.54) is 19.3 Å². The van der Waals surface area contributed by atoms with E-state index < -0.39 is 0 Å². The number of hydrogen-bond acceptors (Lipinski definition) is 3. The van der Waals surface area contributed by atoms with Gasteiger partial charge in [-0.2, -0.15) is 0 Å². The molecule has 0 radical (unpaired) electrons. The summed E-state index contributed by atoms with van der Waals surface area (Å²) in [4.78, 5) is 6.91. The SMILES string of the molecule is CCC(CC)C1CCN(C(=NC)NCCCOC2CCOCC2)C1. The van der Waals surface area contributed by atoms with Crippen molar-refractivity contribution in [3.8, 4) is 0 Å². The standard InChI is InChI=1S/C19H37N3O2/c1-4-16(5-2)17-7-11-22(15-17)19(20-3)21-10-6-12-24-18-8-13-23-14-9-18/h16-18H,4-15H2,1-3H3,(H,20,21). The third-order valence-corrected chi connectivity index (χ3v) is 5.58. The van der Waals surface area contributed by atoms with Crippen molar-refractivity contribution in [2.45, 2.75) is 58.5 Å². The number of ether oxygens (including phenoxy) is 2. The topological polar surface area (TPSA) is 46.1 Å². The molecular weight excluding hydrogens is 302 g/mol. The molecule has 0 bridgehead atoms. The summed E-state index contributed by atoms with van der Waals surface area (Å²) in [6, 6.07) is 0. The van der Waals surface area contributed by atoms with Crippen LogP contribution in [-0.4, -0.2) is 63.5 Å². The zero-order chi connectivity index (χ0) is 17.2. The number of likely N-dealkylation sites (tertiary alicyclic amines) is 1. The molecule has 0 aliphatic carbocycles. The molecule has 0 saturated carbocycles. The van der Waals surface area contributed by atoms with Gasteiger partial charge in [0, 0.05) is 46.5 Å². The molecule has 1 atom stereocenters. The van der Waals surface area contributed by atoms with Crippen LogP contribution >= 0.6 is 0 Å². The van der Waals surface area contributed by atoms with E-state index in [0.29, 0.717) is 6.10 Å². The zero-order valence-electron chi connectivity index (χ0n) is 15.9. The van der Waals surface area contributed by atoms with Gasteiger partial charge >= 0.3 is 0 Å². The molecule has 24 heavy (non-hydrogen) atoms. The Bertz CT molecular complexity index is 366. The average Bonchev–Trinajstić information content (AvgIpc) is 3.10. The first-order valence-electron chi connectivity index (χ1n) is 9.93. The molecule has 2 heterocycles. The number of nitrogens with zero attached hydrogens (tertiary/aromatic N) is 2. The fraction of sp³-hybridized carbons (Fsp3) is 0.947. The van der Waals surface area contributed by atoms with Crippen molar-refractivity contribution in [2.24, 2.45) is 16.8 Å². The highest BCUT2D eigenvalue weighted by Crippen LogP contribution is 2.28. The van der Waals surface area contributed by atoms with E-state index in [4.69, 9.17) is 9.47 Å². The molecule has 0 aromatic carbocycles. The average molecular weight is 340 g/mol. The molecule has 0 aromatic rings. The second-order valence-corrected chi connectivity index (χ2v) is 7.08. The molecule has 2 aliphatic heterocycles. The molecule has 1 unspecified atom stereocenters. The lowest BCUT2D eigenvalue weighted by molar-refractivity contribution is -0.0320. The highest BCUT2D eigenvalue weighted by Gasteiger charge is 2.29. The Kier molecular flexibility index (Phi) is 8.89. The van der Waals surface area contributed by atoms with E-state index in [0.717, 1.165) is 76.5 Å². The van der Waals surface area contributed by atoms with Crippen LogP contribution in [0.15, 0.2) is 4.99 Å². The Morgan fingerprint density at radius 3 is 2.67 bits per heavy atom. The van der Waals surface area contributed by atoms with Gasteiger partial charge in [-0.25, -0.2) is 0 Å². The first kappa shape index (κ1) is 19.5. The lowest BCUT2D eigenvalue weighted by Crippen LogP contribution is -2.41. The first-order chi connectivity index (χ1) is 11.8. The number of hydrogen-bond donors (Lipinski definition) is 1. The van der Waals surface area contributed by atoms with E-state index >= 15 is 0 Å². The summed E-state index contributed by atoms with van der Waals surface area (Å²) in [5.41, 5.74) is 0. The van der Waals surface area contributed by atoms with Crippen LogP contribution in [0.4, 0.5) is 0 Å². The molecule has 1 N–H and O–H groups in total. The monoisotopic (exact) mass is 339 g/mol. The molecule has 0 aromatic heterocycles. The van der Waals surface area contributed by atoms with E-state index in [9.17, 15) is 0 Å². The summed E-state index contributed by atoms with van der Waals surface area (Å²) < 4.78 is 11.3. The predicted molar refractivity (Wildman–Crippen MR) is 99.5 cm³/mol. The molecule has 0 amide bonds. The van der Waals surface area contributed by atoms with Gasteiger partial charge in [-0.05, 0) is 37.5 Å². The minimum atomic E-state index is 0.400. The van der Waals surface area contributed by atoms with E-state index in [1.807, 2.05) is 7.05 Å². The third-order valence-electron chi connectivity index (χ3n) is 5.58. The Labute approximate surface area is 148 Å². The van der Waals surface area contributed by atoms with Crippen LogP contribution in [0.3, 0.4) is 0 Å². The first-order valence-corrected chi connectivity index (χ1v) is 9.93. The third kappa shape index (κ3) is 5.92. The van der Waals surface area contributed by atoms with Crippen LogP contribution in [0.5, 0.6) is 0 Å². The molecule has 140 valence electrons. The van der Waals surface area contributed by atoms with E-state index in [2.05, 4.69) is 29.1 Å². The van der Waals surface area contributed by atoms with Crippen LogP contribution in [0, 0.1) is 11.8 Å². The number of nitrogens with one attached hydrogen (secondary N) is 1. The van der Waals surface area contributed by atoms with Crippen molar-refractivity contribution in [3.63, 3.8) is 0 Å². The highest BCUT2D eigenvalue weighted by atomic mass is 16.5. The minimum Gasteiger partial charge on any atom is -0.381 e. The van der Waals surface area contributed by atoms with E-state index in [-0.39, 0.29) is 0 Å². The number of aliphatic imine (C=N–C) groups is 1. The van der Waals surface area contributed by atoms with Gasteiger partial charge in [0.25, 0.3) is 0 Å². The van der Waals surface area contributed by atoms with Gasteiger partial charge in [-0.15, -0.1) is 0 Å². The second-order valence-electron chi connectivity index (χ2n) is 7.08. The maximum Gasteiger partial charge on any atom is 0.193 e. The molecule has 2 aliphatic rings. The summed E-state index contributed by atoms with van der Waals surface area (Å²) in [6.45, 7) is 10.4. The lowest BCUT2D eigenvalue weighted by atomic mass is 9.87. The van der Waals surface area contributed by atoms with Crippen molar-refractivity contribution in [2.75, 3.05) is 46.5 Å². The maximum absolute atomic E-state index is 5.93. The summed E-state index contributed by atoms with van der Waals surface area (Å²) in [7, 11) is 1.89. The highest BCUT2D eigenvalue weighted by molar-refractivity contribution is 5.80. The largest absolute Gasteiger partial charge is 0.381 e. The molecule has 2 fully saturated rings. The Hall–Kier alpha value is -0.810. The number of guanidine groups is 1. The fourth-order valence-electron chi connectivity index (χ4n) is 4.02.